The Balaban J connectivity index is 0. The molecule has 0 unspecified atom stereocenters. The van der Waals surface area contributed by atoms with Crippen LogP contribution in [0.3, 0.4) is 0 Å². The normalized spacial score (nSPS) is 10.3. The van der Waals surface area contributed by atoms with Crippen LogP contribution in [0.25, 0.3) is 0 Å². The summed E-state index contributed by atoms with van der Waals surface area (Å²) >= 11 is 0. The Morgan fingerprint density at radius 2 is 0.833 bits per heavy atom. The molecule has 106 valence electrons. The van der Waals surface area contributed by atoms with Crippen LogP contribution in [0.2, 0.25) is 0 Å². The molecule has 0 aromatic heterocycles. The van der Waals surface area contributed by atoms with E-state index >= 15 is 0 Å². The van der Waals surface area contributed by atoms with Gasteiger partial charge in [-0.25, -0.2) is 0 Å². The zero-order valence-corrected chi connectivity index (χ0v) is 12.4. The van der Waals surface area contributed by atoms with Crippen LogP contribution in [-0.2, 0) is 0 Å². The molecule has 0 heterocycles. The Morgan fingerprint density at radius 3 is 1.22 bits per heavy atom. The summed E-state index contributed by atoms with van der Waals surface area (Å²) in [7, 11) is 0. The molecule has 0 atom stereocenters. The zero-order valence-electron chi connectivity index (χ0n) is 12.4. The fourth-order valence-corrected chi connectivity index (χ4v) is 2.19. The minimum atomic E-state index is 0. The van der Waals surface area contributed by atoms with Crippen molar-refractivity contribution in [3.05, 3.63) is 0 Å². The second kappa shape index (κ2) is 19.9. The molecule has 18 heavy (non-hydrogen) atoms. The van der Waals surface area contributed by atoms with Crippen molar-refractivity contribution in [1.82, 2.24) is 5.32 Å². The molecule has 0 amide bonds. The Hall–Kier alpha value is 0.557. The first-order valence-electron chi connectivity index (χ1n) is 8.12. The van der Waals surface area contributed by atoms with Crippen molar-refractivity contribution >= 4 is 18.9 Å². The molecular formula is C16H36LiN. The molecule has 0 saturated carbocycles. The number of nitrogens with one attached hydrogen (secondary N) is 1. The van der Waals surface area contributed by atoms with E-state index < -0.39 is 0 Å². The molecule has 0 spiro atoms. The Kier molecular flexibility index (Phi) is 23.1. The van der Waals surface area contributed by atoms with Crippen LogP contribution in [0.4, 0.5) is 0 Å². The molecule has 0 aliphatic rings. The second-order valence-corrected chi connectivity index (χ2v) is 5.29. The van der Waals surface area contributed by atoms with Gasteiger partial charge in [-0.2, -0.15) is 0 Å². The van der Waals surface area contributed by atoms with Gasteiger partial charge in [0.05, 0.1) is 0 Å². The minimum absolute atomic E-state index is 0. The van der Waals surface area contributed by atoms with E-state index in [0.717, 1.165) is 0 Å². The Labute approximate surface area is 128 Å². The third-order valence-electron chi connectivity index (χ3n) is 3.41. The van der Waals surface area contributed by atoms with E-state index in [1.165, 1.54) is 90.1 Å². The van der Waals surface area contributed by atoms with Gasteiger partial charge < -0.3 is 5.32 Å². The van der Waals surface area contributed by atoms with Gasteiger partial charge in [-0.3, -0.25) is 0 Å². The summed E-state index contributed by atoms with van der Waals surface area (Å²) in [5, 5.41) is 3.57. The predicted octanol–water partition coefficient (Wildman–Crippen LogP) is 4.65. The fraction of sp³-hybridized carbons (Fsp3) is 1.00. The SMILES string of the molecule is CCCCCCCCNCCCCCCCC.[LiH]. The molecule has 0 fully saturated rings. The third kappa shape index (κ3) is 18.9. The van der Waals surface area contributed by atoms with Gasteiger partial charge >= 0.3 is 18.9 Å². The summed E-state index contributed by atoms with van der Waals surface area (Å²) in [5.41, 5.74) is 0. The van der Waals surface area contributed by atoms with E-state index in [1.807, 2.05) is 0 Å². The number of hydrogen-bond acceptors (Lipinski definition) is 1. The van der Waals surface area contributed by atoms with Crippen molar-refractivity contribution in [2.24, 2.45) is 0 Å². The van der Waals surface area contributed by atoms with Gasteiger partial charge in [0.2, 0.25) is 0 Å². The quantitative estimate of drug-likeness (QED) is 0.349. The van der Waals surface area contributed by atoms with Crippen molar-refractivity contribution in [1.29, 1.82) is 0 Å². The molecule has 1 nitrogen and oxygen atoms in total. The molecule has 0 bridgehead atoms. The van der Waals surface area contributed by atoms with Crippen molar-refractivity contribution in [2.45, 2.75) is 90.9 Å². The van der Waals surface area contributed by atoms with E-state index in [2.05, 4.69) is 19.2 Å². The van der Waals surface area contributed by atoms with Gasteiger partial charge in [-0.15, -0.1) is 0 Å². The summed E-state index contributed by atoms with van der Waals surface area (Å²) in [6.45, 7) is 7.03. The molecule has 2 heteroatoms. The van der Waals surface area contributed by atoms with Crippen LogP contribution in [0.15, 0.2) is 0 Å². The van der Waals surface area contributed by atoms with Crippen LogP contribution >= 0.6 is 0 Å². The van der Waals surface area contributed by atoms with Crippen molar-refractivity contribution in [3.8, 4) is 0 Å². The molecular weight excluding hydrogens is 213 g/mol. The predicted molar refractivity (Wildman–Crippen MR) is 86.8 cm³/mol. The zero-order chi connectivity index (χ0) is 12.6. The molecule has 1 N–H and O–H groups in total. The standard InChI is InChI=1S/C16H35N.Li.H/c1-3-5-7-9-11-13-15-17-16-14-12-10-8-6-4-2;;/h17H,3-16H2,1-2H3;;. The van der Waals surface area contributed by atoms with Gasteiger partial charge in [0, 0.05) is 0 Å². The second-order valence-electron chi connectivity index (χ2n) is 5.29. The van der Waals surface area contributed by atoms with Crippen molar-refractivity contribution in [2.75, 3.05) is 13.1 Å². The number of unbranched alkanes of at least 4 members (excludes halogenated alkanes) is 10. The van der Waals surface area contributed by atoms with Crippen LogP contribution in [0.1, 0.15) is 90.9 Å². The molecule has 0 aromatic rings. The third-order valence-corrected chi connectivity index (χ3v) is 3.41. The summed E-state index contributed by atoms with van der Waals surface area (Å²) in [6, 6.07) is 0. The maximum atomic E-state index is 3.57. The van der Waals surface area contributed by atoms with E-state index in [4.69, 9.17) is 0 Å². The summed E-state index contributed by atoms with van der Waals surface area (Å²) in [5.74, 6) is 0. The average Bonchev–Trinajstić information content (AvgIpc) is 2.35. The number of rotatable bonds is 14. The number of hydrogen-bond donors (Lipinski definition) is 1. The van der Waals surface area contributed by atoms with Crippen molar-refractivity contribution < 1.29 is 0 Å². The van der Waals surface area contributed by atoms with Crippen molar-refractivity contribution in [3.63, 3.8) is 0 Å². The van der Waals surface area contributed by atoms with Crippen LogP contribution in [-0.4, -0.2) is 32.0 Å². The molecule has 0 aliphatic heterocycles. The van der Waals surface area contributed by atoms with Crippen LogP contribution in [0.5, 0.6) is 0 Å². The van der Waals surface area contributed by atoms with E-state index in [1.54, 1.807) is 0 Å². The van der Waals surface area contributed by atoms with Crippen LogP contribution in [0, 0.1) is 0 Å². The Morgan fingerprint density at radius 1 is 0.500 bits per heavy atom. The van der Waals surface area contributed by atoms with Gasteiger partial charge in [0.15, 0.2) is 0 Å². The van der Waals surface area contributed by atoms with Crippen LogP contribution < -0.4 is 5.32 Å². The first kappa shape index (κ1) is 20.9. The summed E-state index contributed by atoms with van der Waals surface area (Å²) in [6.07, 6.45) is 16.9. The maximum absolute atomic E-state index is 3.57. The summed E-state index contributed by atoms with van der Waals surface area (Å²) in [4.78, 5) is 0. The van der Waals surface area contributed by atoms with Gasteiger partial charge in [-0.1, -0.05) is 78.1 Å². The van der Waals surface area contributed by atoms with E-state index in [0.29, 0.717) is 0 Å². The van der Waals surface area contributed by atoms with E-state index in [9.17, 15) is 0 Å². The first-order chi connectivity index (χ1) is 8.41. The summed E-state index contributed by atoms with van der Waals surface area (Å²) < 4.78 is 0. The topological polar surface area (TPSA) is 12.0 Å². The Bertz CT molecular complexity index is 114. The van der Waals surface area contributed by atoms with Gasteiger partial charge in [0.1, 0.15) is 0 Å². The molecule has 0 aromatic carbocycles. The van der Waals surface area contributed by atoms with E-state index in [-0.39, 0.29) is 18.9 Å². The first-order valence-corrected chi connectivity index (χ1v) is 8.12. The fourth-order valence-electron chi connectivity index (χ4n) is 2.19. The molecule has 0 radical (unpaired) electrons. The van der Waals surface area contributed by atoms with Gasteiger partial charge in [-0.05, 0) is 25.9 Å². The molecule has 0 rings (SSSR count). The monoisotopic (exact) mass is 249 g/mol. The molecule has 0 aliphatic carbocycles. The molecule has 0 saturated heterocycles. The average molecular weight is 249 g/mol. The van der Waals surface area contributed by atoms with Gasteiger partial charge in [0.25, 0.3) is 0 Å².